The predicted octanol–water partition coefficient (Wildman–Crippen LogP) is 3.45. The highest BCUT2D eigenvalue weighted by atomic mass is 32.2. The molecule has 3 aromatic rings. The van der Waals surface area contributed by atoms with Gasteiger partial charge in [-0.3, -0.25) is 24.5 Å². The zero-order chi connectivity index (χ0) is 21.8. The van der Waals surface area contributed by atoms with Gasteiger partial charge >= 0.3 is 5.69 Å². The molecule has 1 aromatic carbocycles. The van der Waals surface area contributed by atoms with Crippen LogP contribution in [0.5, 0.6) is 0 Å². The van der Waals surface area contributed by atoms with Crippen molar-refractivity contribution >= 4 is 23.2 Å². The van der Waals surface area contributed by atoms with E-state index < -0.39 is 4.92 Å². The van der Waals surface area contributed by atoms with Gasteiger partial charge in [-0.25, -0.2) is 4.79 Å². The number of rotatable bonds is 7. The van der Waals surface area contributed by atoms with Crippen LogP contribution in [0.25, 0.3) is 0 Å². The Morgan fingerprint density at radius 2 is 2.03 bits per heavy atom. The molecule has 0 spiro atoms. The fraction of sp³-hybridized carbons (Fsp3) is 0.273. The molecule has 0 unspecified atom stereocenters. The second kappa shape index (κ2) is 9.22. The first-order valence-electron chi connectivity index (χ1n) is 9.95. The third-order valence-electron chi connectivity index (χ3n) is 5.23. The van der Waals surface area contributed by atoms with Gasteiger partial charge < -0.3 is 0 Å². The zero-order valence-electron chi connectivity index (χ0n) is 16.7. The minimum Gasteiger partial charge on any atom is -0.293 e. The van der Waals surface area contributed by atoms with E-state index in [1.807, 2.05) is 12.1 Å². The number of nitrogens with zero attached hydrogens (tertiary/aromatic N) is 4. The van der Waals surface area contributed by atoms with Crippen molar-refractivity contribution in [2.75, 3.05) is 5.75 Å². The Bertz CT molecular complexity index is 1190. The second-order valence-electron chi connectivity index (χ2n) is 7.30. The summed E-state index contributed by atoms with van der Waals surface area (Å²) in [7, 11) is 0. The smallest absolute Gasteiger partial charge is 0.293 e. The molecule has 1 aliphatic rings. The summed E-state index contributed by atoms with van der Waals surface area (Å²) < 4.78 is 1.71. The summed E-state index contributed by atoms with van der Waals surface area (Å²) in [5, 5.41) is 11.5. The standard InChI is InChI=1S/C22H20N4O4S/c27-20(16-6-3-7-17(11-16)26(29)30)14-31-21-18-8-1-2-9-19(18)25(22(28)24-21)13-15-5-4-10-23-12-15/h3-7,10-12H,1-2,8-9,13-14H2. The number of ketones is 1. The van der Waals surface area contributed by atoms with Gasteiger partial charge in [-0.05, 0) is 37.3 Å². The van der Waals surface area contributed by atoms with E-state index in [9.17, 15) is 19.7 Å². The lowest BCUT2D eigenvalue weighted by Crippen LogP contribution is -2.30. The monoisotopic (exact) mass is 436 g/mol. The number of benzene rings is 1. The lowest BCUT2D eigenvalue weighted by atomic mass is 9.97. The maximum atomic E-state index is 12.8. The van der Waals surface area contributed by atoms with Gasteiger partial charge in [0.2, 0.25) is 0 Å². The van der Waals surface area contributed by atoms with Gasteiger partial charge in [0.05, 0.1) is 17.2 Å². The van der Waals surface area contributed by atoms with E-state index >= 15 is 0 Å². The number of carbonyl (C=O) groups excluding carboxylic acids is 1. The number of nitro groups is 1. The molecule has 0 N–H and O–H groups in total. The lowest BCUT2D eigenvalue weighted by molar-refractivity contribution is -0.384. The molecule has 8 nitrogen and oxygen atoms in total. The molecular formula is C22H20N4O4S. The average molecular weight is 436 g/mol. The number of thioether (sulfide) groups is 1. The highest BCUT2D eigenvalue weighted by Gasteiger charge is 2.22. The van der Waals surface area contributed by atoms with E-state index in [-0.39, 0.29) is 28.5 Å². The summed E-state index contributed by atoms with van der Waals surface area (Å²) in [6, 6.07) is 9.45. The number of carbonyl (C=O) groups is 1. The summed E-state index contributed by atoms with van der Waals surface area (Å²) >= 11 is 1.23. The van der Waals surface area contributed by atoms with Gasteiger partial charge in [0.1, 0.15) is 5.03 Å². The van der Waals surface area contributed by atoms with Crippen LogP contribution in [0.3, 0.4) is 0 Å². The first-order valence-corrected chi connectivity index (χ1v) is 10.9. The van der Waals surface area contributed by atoms with Crippen molar-refractivity contribution in [3.05, 3.63) is 91.8 Å². The molecule has 0 fully saturated rings. The minimum atomic E-state index is -0.524. The fourth-order valence-corrected chi connectivity index (χ4v) is 4.69. The van der Waals surface area contributed by atoms with Crippen LogP contribution in [0, 0.1) is 10.1 Å². The van der Waals surface area contributed by atoms with Gasteiger partial charge in [-0.2, -0.15) is 4.98 Å². The van der Waals surface area contributed by atoms with Crippen LogP contribution >= 0.6 is 11.8 Å². The largest absolute Gasteiger partial charge is 0.349 e. The molecule has 0 saturated heterocycles. The minimum absolute atomic E-state index is 0.0622. The van der Waals surface area contributed by atoms with Crippen LogP contribution < -0.4 is 5.69 Å². The molecule has 4 rings (SSSR count). The normalized spacial score (nSPS) is 12.9. The number of Topliss-reactive ketones (excluding diaryl/α,β-unsaturated/α-hetero) is 1. The van der Waals surface area contributed by atoms with Crippen molar-refractivity contribution in [1.29, 1.82) is 0 Å². The molecule has 0 radical (unpaired) electrons. The molecule has 31 heavy (non-hydrogen) atoms. The van der Waals surface area contributed by atoms with Crippen LogP contribution in [0.2, 0.25) is 0 Å². The van der Waals surface area contributed by atoms with Crippen LogP contribution in [-0.4, -0.2) is 31.0 Å². The summed E-state index contributed by atoms with van der Waals surface area (Å²) in [5.74, 6) is -0.174. The number of hydrogen-bond donors (Lipinski definition) is 0. The van der Waals surface area contributed by atoms with E-state index in [2.05, 4.69) is 9.97 Å². The summed E-state index contributed by atoms with van der Waals surface area (Å²) in [4.78, 5) is 44.2. The summed E-state index contributed by atoms with van der Waals surface area (Å²) in [6.45, 7) is 0.416. The average Bonchev–Trinajstić information content (AvgIpc) is 2.80. The quantitative estimate of drug-likeness (QED) is 0.183. The molecular weight excluding hydrogens is 416 g/mol. The fourth-order valence-electron chi connectivity index (χ4n) is 3.71. The predicted molar refractivity (Wildman–Crippen MR) is 117 cm³/mol. The van der Waals surface area contributed by atoms with Crippen LogP contribution in [0.4, 0.5) is 5.69 Å². The van der Waals surface area contributed by atoms with E-state index in [4.69, 9.17) is 0 Å². The molecule has 1 aliphatic carbocycles. The maximum absolute atomic E-state index is 12.8. The molecule has 0 atom stereocenters. The molecule has 9 heteroatoms. The van der Waals surface area contributed by atoms with Crippen LogP contribution in [0.1, 0.15) is 40.0 Å². The Morgan fingerprint density at radius 1 is 1.19 bits per heavy atom. The van der Waals surface area contributed by atoms with Crippen molar-refractivity contribution in [3.63, 3.8) is 0 Å². The van der Waals surface area contributed by atoms with E-state index in [0.717, 1.165) is 42.5 Å². The third kappa shape index (κ3) is 4.72. The molecule has 0 saturated carbocycles. The molecule has 158 valence electrons. The number of pyridine rings is 1. The van der Waals surface area contributed by atoms with Gasteiger partial charge in [0.15, 0.2) is 5.78 Å². The Kier molecular flexibility index (Phi) is 6.22. The Morgan fingerprint density at radius 3 is 2.81 bits per heavy atom. The molecule has 0 bridgehead atoms. The highest BCUT2D eigenvalue weighted by molar-refractivity contribution is 8.00. The Labute approximate surface area is 182 Å². The third-order valence-corrected chi connectivity index (χ3v) is 6.25. The van der Waals surface area contributed by atoms with E-state index in [1.165, 1.54) is 30.0 Å². The number of hydrogen-bond acceptors (Lipinski definition) is 7. The number of non-ortho nitro benzene ring substituents is 1. The van der Waals surface area contributed by atoms with Crippen molar-refractivity contribution in [2.45, 2.75) is 37.3 Å². The maximum Gasteiger partial charge on any atom is 0.349 e. The summed E-state index contributed by atoms with van der Waals surface area (Å²) in [6.07, 6.45) is 7.04. The first-order chi connectivity index (χ1) is 15.0. The first kappa shape index (κ1) is 20.9. The Hall–Kier alpha value is -3.33. The number of fused-ring (bicyclic) bond motifs is 1. The second-order valence-corrected chi connectivity index (χ2v) is 8.26. The van der Waals surface area contributed by atoms with Crippen LogP contribution in [-0.2, 0) is 19.4 Å². The molecule has 0 aliphatic heterocycles. The zero-order valence-corrected chi connectivity index (χ0v) is 17.5. The van der Waals surface area contributed by atoms with Crippen molar-refractivity contribution in [3.8, 4) is 0 Å². The Balaban J connectivity index is 1.58. The topological polar surface area (TPSA) is 108 Å². The van der Waals surface area contributed by atoms with Gasteiger partial charge in [0.25, 0.3) is 5.69 Å². The van der Waals surface area contributed by atoms with Crippen molar-refractivity contribution in [2.24, 2.45) is 0 Å². The molecule has 0 amide bonds. The van der Waals surface area contributed by atoms with Crippen LogP contribution in [0.15, 0.2) is 58.6 Å². The van der Waals surface area contributed by atoms with Crippen molar-refractivity contribution in [1.82, 2.24) is 14.5 Å². The summed E-state index contributed by atoms with van der Waals surface area (Å²) in [5.41, 5.74) is 2.74. The van der Waals surface area contributed by atoms with E-state index in [1.54, 1.807) is 23.0 Å². The SMILES string of the molecule is O=C(CSc1nc(=O)n(Cc2cccnc2)c2c1CCCC2)c1cccc([N+](=O)[O-])c1. The highest BCUT2D eigenvalue weighted by Crippen LogP contribution is 2.29. The van der Waals surface area contributed by atoms with Crippen molar-refractivity contribution < 1.29 is 9.72 Å². The lowest BCUT2D eigenvalue weighted by Gasteiger charge is -2.22. The molecule has 2 aromatic heterocycles. The number of aromatic nitrogens is 3. The van der Waals surface area contributed by atoms with Gasteiger partial charge in [-0.15, -0.1) is 0 Å². The van der Waals surface area contributed by atoms with Gasteiger partial charge in [-0.1, -0.05) is 30.0 Å². The van der Waals surface area contributed by atoms with E-state index in [0.29, 0.717) is 11.6 Å². The number of nitro benzene ring substituents is 1. The molecule has 2 heterocycles. The van der Waals surface area contributed by atoms with Gasteiger partial charge in [0, 0.05) is 41.3 Å².